The van der Waals surface area contributed by atoms with Gasteiger partial charge in [0.05, 0.1) is 27.2 Å². The molecule has 0 fully saturated rings. The van der Waals surface area contributed by atoms with Gasteiger partial charge >= 0.3 is 11.9 Å². The minimum absolute atomic E-state index is 0.385. The average molecular weight is 635 g/mol. The van der Waals surface area contributed by atoms with Crippen LogP contribution in [0.15, 0.2) is 98.1 Å². The fourth-order valence-electron chi connectivity index (χ4n) is 4.83. The largest absolute Gasteiger partial charge is 0.480 e. The first-order valence-electron chi connectivity index (χ1n) is 16.2. The Morgan fingerprint density at radius 3 is 1.22 bits per heavy atom. The summed E-state index contributed by atoms with van der Waals surface area (Å²) in [5, 5.41) is 17.0. The summed E-state index contributed by atoms with van der Waals surface area (Å²) >= 11 is 0. The van der Waals surface area contributed by atoms with E-state index in [1.165, 1.54) is 51.4 Å². The summed E-state index contributed by atoms with van der Waals surface area (Å²) < 4.78 is 8.77. The molecule has 0 amide bonds. The molecule has 2 atom stereocenters. The third-order valence-corrected chi connectivity index (χ3v) is 7.46. The first-order chi connectivity index (χ1) is 22.1. The summed E-state index contributed by atoms with van der Waals surface area (Å²) in [6, 6.07) is 17.1. The highest BCUT2D eigenvalue weighted by molar-refractivity contribution is 5.73. The number of aliphatic carboxylic acids is 2. The van der Waals surface area contributed by atoms with Crippen molar-refractivity contribution in [1.29, 1.82) is 0 Å². The maximum absolute atomic E-state index is 10.4. The molecule has 6 N–H and O–H groups in total. The number of carboxylic acid groups (broad SMARTS) is 2. The molecule has 0 aliphatic carbocycles. The van der Waals surface area contributed by atoms with Crippen molar-refractivity contribution >= 4 is 11.9 Å². The van der Waals surface area contributed by atoms with Crippen molar-refractivity contribution in [3.8, 4) is 0 Å². The quantitative estimate of drug-likeness (QED) is 0.102. The van der Waals surface area contributed by atoms with Crippen molar-refractivity contribution in [3.63, 3.8) is 0 Å². The van der Waals surface area contributed by atoms with E-state index in [1.54, 1.807) is 0 Å². The summed E-state index contributed by atoms with van der Waals surface area (Å²) in [7, 11) is 4.15. The van der Waals surface area contributed by atoms with Crippen molar-refractivity contribution in [2.45, 2.75) is 89.4 Å². The van der Waals surface area contributed by atoms with Gasteiger partial charge in [0.15, 0.2) is 0 Å². The molecule has 4 rings (SSSR count). The third kappa shape index (κ3) is 17.3. The zero-order chi connectivity index (χ0) is 33.6. The Kier molecular flexibility index (Phi) is 18.3. The number of imidazole rings is 2. The topological polar surface area (TPSA) is 144 Å². The molecule has 250 valence electrons. The van der Waals surface area contributed by atoms with Gasteiger partial charge in [-0.05, 0) is 49.7 Å². The SMILES string of the molecule is Cn1cc[n+](CCCCCCCCCC[n+]2ccn(C)c2)c1.N[C@@H](Cc1ccccc1)C(=O)O.N[C@@H](Cc1ccccc1)C(=O)O. The van der Waals surface area contributed by atoms with Gasteiger partial charge in [0, 0.05) is 0 Å². The lowest BCUT2D eigenvalue weighted by atomic mass is 10.1. The second-order valence-electron chi connectivity index (χ2n) is 11.7. The lowest BCUT2D eigenvalue weighted by Crippen LogP contribution is -2.32. The zero-order valence-corrected chi connectivity index (χ0v) is 27.5. The highest BCUT2D eigenvalue weighted by atomic mass is 16.4. The number of benzene rings is 2. The highest BCUT2D eigenvalue weighted by Gasteiger charge is 2.12. The Hall–Kier alpha value is -4.28. The first kappa shape index (κ1) is 37.9. The van der Waals surface area contributed by atoms with Crippen LogP contribution in [-0.4, -0.2) is 43.4 Å². The number of hydrogen-bond donors (Lipinski definition) is 4. The van der Waals surface area contributed by atoms with Gasteiger partial charge in [0.25, 0.3) is 0 Å². The number of unbranched alkanes of at least 4 members (excludes halogenated alkanes) is 7. The first-order valence-corrected chi connectivity index (χ1v) is 16.2. The number of hydrogen-bond acceptors (Lipinski definition) is 4. The van der Waals surface area contributed by atoms with Crippen LogP contribution in [0.1, 0.15) is 62.5 Å². The molecule has 4 aromatic rings. The van der Waals surface area contributed by atoms with Gasteiger partial charge in [-0.15, -0.1) is 0 Å². The molecule has 2 aromatic carbocycles. The van der Waals surface area contributed by atoms with Crippen molar-refractivity contribution in [1.82, 2.24) is 9.13 Å². The van der Waals surface area contributed by atoms with Crippen LogP contribution in [0, 0.1) is 0 Å². The lowest BCUT2D eigenvalue weighted by Gasteiger charge is -2.04. The number of aromatic nitrogens is 4. The third-order valence-electron chi connectivity index (χ3n) is 7.46. The summed E-state index contributed by atoms with van der Waals surface area (Å²) in [5.74, 6) is -1.92. The Labute approximate surface area is 273 Å². The number of nitrogens with zero attached hydrogens (tertiary/aromatic N) is 4. The molecule has 2 heterocycles. The van der Waals surface area contributed by atoms with E-state index in [1.807, 2.05) is 60.7 Å². The molecule has 10 nitrogen and oxygen atoms in total. The average Bonchev–Trinajstić information content (AvgIpc) is 3.66. The van der Waals surface area contributed by atoms with Crippen molar-refractivity contribution in [2.75, 3.05) is 0 Å². The Balaban J connectivity index is 0.000000261. The van der Waals surface area contributed by atoms with Crippen LogP contribution in [0.4, 0.5) is 0 Å². The van der Waals surface area contributed by atoms with Crippen molar-refractivity contribution in [3.05, 3.63) is 109 Å². The van der Waals surface area contributed by atoms with E-state index in [2.05, 4.69) is 69.8 Å². The molecular formula is C36H54N6O4+2. The second-order valence-corrected chi connectivity index (χ2v) is 11.7. The fourth-order valence-corrected chi connectivity index (χ4v) is 4.83. The Morgan fingerprint density at radius 2 is 0.935 bits per heavy atom. The standard InChI is InChI=1S/C18H32N4.2C9H11NO2/c1-19-13-15-21(17-19)11-9-7-5-3-4-6-8-10-12-22-16-14-20(2)18-22;2*10-8(9(11)12)6-7-4-2-1-3-5-7/h13-18H,3-12H2,1-2H3;2*1-5,8H,6,10H2,(H,11,12)/q+2;;/t;2*8-/m.00/s1. The van der Waals surface area contributed by atoms with Gasteiger partial charge in [0.2, 0.25) is 12.7 Å². The maximum atomic E-state index is 10.4. The number of rotatable bonds is 17. The fraction of sp³-hybridized carbons (Fsp3) is 0.444. The summed E-state index contributed by atoms with van der Waals surface area (Å²) in [6.45, 7) is 2.32. The monoisotopic (exact) mass is 634 g/mol. The lowest BCUT2D eigenvalue weighted by molar-refractivity contribution is -0.697. The van der Waals surface area contributed by atoms with Crippen LogP contribution in [-0.2, 0) is 49.6 Å². The molecule has 0 aliphatic rings. The van der Waals surface area contributed by atoms with E-state index in [0.717, 1.165) is 24.2 Å². The van der Waals surface area contributed by atoms with Gasteiger partial charge < -0.3 is 21.7 Å². The minimum Gasteiger partial charge on any atom is -0.480 e. The van der Waals surface area contributed by atoms with E-state index in [9.17, 15) is 9.59 Å². The molecule has 0 unspecified atom stereocenters. The molecular weight excluding hydrogens is 580 g/mol. The van der Waals surface area contributed by atoms with E-state index in [4.69, 9.17) is 21.7 Å². The van der Waals surface area contributed by atoms with Crippen LogP contribution in [0.25, 0.3) is 0 Å². The highest BCUT2D eigenvalue weighted by Crippen LogP contribution is 2.09. The van der Waals surface area contributed by atoms with Crippen LogP contribution in [0.2, 0.25) is 0 Å². The van der Waals surface area contributed by atoms with Gasteiger partial charge in [-0.1, -0.05) is 86.3 Å². The van der Waals surface area contributed by atoms with Gasteiger partial charge in [0.1, 0.15) is 36.9 Å². The molecule has 0 spiro atoms. The van der Waals surface area contributed by atoms with Crippen LogP contribution in [0.3, 0.4) is 0 Å². The molecule has 0 saturated heterocycles. The smallest absolute Gasteiger partial charge is 0.320 e. The Morgan fingerprint density at radius 1 is 0.609 bits per heavy atom. The molecule has 46 heavy (non-hydrogen) atoms. The van der Waals surface area contributed by atoms with Crippen molar-refractivity contribution in [2.24, 2.45) is 25.6 Å². The van der Waals surface area contributed by atoms with Gasteiger partial charge in [-0.3, -0.25) is 9.59 Å². The molecule has 0 bridgehead atoms. The number of nitrogens with two attached hydrogens (primary N) is 2. The molecule has 0 saturated carbocycles. The van der Waals surface area contributed by atoms with Crippen LogP contribution >= 0.6 is 0 Å². The molecule has 2 aromatic heterocycles. The predicted molar refractivity (Wildman–Crippen MR) is 180 cm³/mol. The Bertz CT molecular complexity index is 1270. The van der Waals surface area contributed by atoms with Gasteiger partial charge in [-0.2, -0.15) is 0 Å². The normalized spacial score (nSPS) is 11.8. The van der Waals surface area contributed by atoms with Gasteiger partial charge in [-0.25, -0.2) is 18.3 Å². The van der Waals surface area contributed by atoms with Crippen LogP contribution in [0.5, 0.6) is 0 Å². The summed E-state index contributed by atoms with van der Waals surface area (Å²) in [6.07, 6.45) is 24.5. The summed E-state index contributed by atoms with van der Waals surface area (Å²) in [4.78, 5) is 20.8. The predicted octanol–water partition coefficient (Wildman–Crippen LogP) is 4.04. The van der Waals surface area contributed by atoms with E-state index in [0.29, 0.717) is 12.8 Å². The molecule has 0 aliphatic heterocycles. The van der Waals surface area contributed by atoms with Crippen LogP contribution < -0.4 is 20.6 Å². The molecule has 10 heteroatoms. The number of aryl methyl sites for hydroxylation is 4. The van der Waals surface area contributed by atoms with E-state index in [-0.39, 0.29) is 0 Å². The number of carbonyl (C=O) groups is 2. The number of carboxylic acids is 2. The second kappa shape index (κ2) is 22.3. The van der Waals surface area contributed by atoms with Crippen molar-refractivity contribution < 1.29 is 28.9 Å². The van der Waals surface area contributed by atoms with E-state index >= 15 is 0 Å². The zero-order valence-electron chi connectivity index (χ0n) is 27.5. The maximum Gasteiger partial charge on any atom is 0.320 e. The van der Waals surface area contributed by atoms with E-state index < -0.39 is 24.0 Å². The minimum atomic E-state index is -0.959. The summed E-state index contributed by atoms with van der Waals surface area (Å²) in [5.41, 5.74) is 12.6. The molecule has 0 radical (unpaired) electrons.